The summed E-state index contributed by atoms with van der Waals surface area (Å²) >= 11 is 12.2. The molecular formula is C21H27Cl2NO. The standard InChI is InChI=1S/C21H27Cl2NO/c22-17-13-11-16(20(23)15-17)12-14-21(25)24(18-7-3-1-4-8-18)19-9-5-2-6-10-19/h11-15,18-19H,1-10H2/b14-12+. The lowest BCUT2D eigenvalue weighted by Gasteiger charge is -2.41. The molecule has 0 unspecified atom stereocenters. The summed E-state index contributed by atoms with van der Waals surface area (Å²) in [5.74, 6) is 0.143. The molecule has 0 aromatic heterocycles. The molecule has 1 aromatic carbocycles. The van der Waals surface area contributed by atoms with Crippen molar-refractivity contribution in [1.82, 2.24) is 4.90 Å². The molecule has 0 heterocycles. The molecule has 0 aliphatic heterocycles. The number of benzene rings is 1. The Balaban J connectivity index is 1.76. The van der Waals surface area contributed by atoms with Gasteiger partial charge in [-0.1, -0.05) is 67.8 Å². The van der Waals surface area contributed by atoms with E-state index in [1.807, 2.05) is 12.1 Å². The van der Waals surface area contributed by atoms with Crippen LogP contribution in [0.5, 0.6) is 0 Å². The van der Waals surface area contributed by atoms with Crippen LogP contribution in [0.3, 0.4) is 0 Å². The summed E-state index contributed by atoms with van der Waals surface area (Å²) in [7, 11) is 0. The van der Waals surface area contributed by atoms with Gasteiger partial charge < -0.3 is 4.90 Å². The summed E-state index contributed by atoms with van der Waals surface area (Å²) in [6.45, 7) is 0. The smallest absolute Gasteiger partial charge is 0.247 e. The maximum absolute atomic E-state index is 13.1. The number of amides is 1. The minimum Gasteiger partial charge on any atom is -0.333 e. The highest BCUT2D eigenvalue weighted by Gasteiger charge is 2.31. The van der Waals surface area contributed by atoms with Crippen LogP contribution in [-0.4, -0.2) is 22.9 Å². The summed E-state index contributed by atoms with van der Waals surface area (Å²) in [6.07, 6.45) is 15.7. The Hall–Kier alpha value is -0.990. The van der Waals surface area contributed by atoms with Crippen molar-refractivity contribution < 1.29 is 4.79 Å². The molecule has 0 spiro atoms. The van der Waals surface area contributed by atoms with Gasteiger partial charge in [0.2, 0.25) is 5.91 Å². The number of hydrogen-bond donors (Lipinski definition) is 0. The Morgan fingerprint density at radius 1 is 0.920 bits per heavy atom. The second-order valence-electron chi connectivity index (χ2n) is 7.33. The van der Waals surface area contributed by atoms with Gasteiger partial charge in [0.05, 0.1) is 0 Å². The molecule has 0 atom stereocenters. The molecule has 2 nitrogen and oxygen atoms in total. The van der Waals surface area contributed by atoms with E-state index in [2.05, 4.69) is 4.90 Å². The summed E-state index contributed by atoms with van der Waals surface area (Å²) in [6, 6.07) is 6.20. The fourth-order valence-electron chi connectivity index (χ4n) is 4.26. The van der Waals surface area contributed by atoms with E-state index in [0.717, 1.165) is 31.2 Å². The Kier molecular flexibility index (Phi) is 6.84. The first-order valence-electron chi connectivity index (χ1n) is 9.60. The Morgan fingerprint density at radius 3 is 2.00 bits per heavy atom. The van der Waals surface area contributed by atoms with Gasteiger partial charge in [-0.2, -0.15) is 0 Å². The average molecular weight is 380 g/mol. The third-order valence-electron chi connectivity index (χ3n) is 5.56. The Labute approximate surface area is 161 Å². The zero-order valence-corrected chi connectivity index (χ0v) is 16.2. The SMILES string of the molecule is O=C(/C=C/c1ccc(Cl)cc1Cl)N(C1CCCCC1)C1CCCCC1. The first kappa shape index (κ1) is 18.8. The normalized spacial score (nSPS) is 20.1. The van der Waals surface area contributed by atoms with Crippen LogP contribution in [0.1, 0.15) is 69.8 Å². The molecule has 2 aliphatic rings. The van der Waals surface area contributed by atoms with Gasteiger partial charge >= 0.3 is 0 Å². The number of nitrogens with zero attached hydrogens (tertiary/aromatic N) is 1. The third-order valence-corrected chi connectivity index (χ3v) is 6.12. The lowest BCUT2D eigenvalue weighted by molar-refractivity contribution is -0.132. The van der Waals surface area contributed by atoms with Gasteiger partial charge in [-0.05, 0) is 49.5 Å². The zero-order chi connectivity index (χ0) is 17.6. The zero-order valence-electron chi connectivity index (χ0n) is 14.7. The summed E-state index contributed by atoms with van der Waals surface area (Å²) in [4.78, 5) is 15.3. The van der Waals surface area contributed by atoms with E-state index in [-0.39, 0.29) is 5.91 Å². The maximum Gasteiger partial charge on any atom is 0.247 e. The van der Waals surface area contributed by atoms with Crippen LogP contribution >= 0.6 is 23.2 Å². The molecular weight excluding hydrogens is 353 g/mol. The molecule has 136 valence electrons. The van der Waals surface area contributed by atoms with Gasteiger partial charge in [0.25, 0.3) is 0 Å². The Morgan fingerprint density at radius 2 is 1.48 bits per heavy atom. The van der Waals surface area contributed by atoms with Gasteiger partial charge in [0, 0.05) is 28.2 Å². The molecule has 4 heteroatoms. The number of carbonyl (C=O) groups is 1. The van der Waals surface area contributed by atoms with Crippen LogP contribution in [0.2, 0.25) is 10.0 Å². The van der Waals surface area contributed by atoms with Crippen LogP contribution in [0, 0.1) is 0 Å². The van der Waals surface area contributed by atoms with E-state index >= 15 is 0 Å². The molecule has 1 amide bonds. The molecule has 2 aliphatic carbocycles. The van der Waals surface area contributed by atoms with Crippen LogP contribution in [0.15, 0.2) is 24.3 Å². The van der Waals surface area contributed by atoms with Crippen molar-refractivity contribution in [1.29, 1.82) is 0 Å². The number of halogens is 2. The number of hydrogen-bond acceptors (Lipinski definition) is 1. The highest BCUT2D eigenvalue weighted by molar-refractivity contribution is 6.35. The quantitative estimate of drug-likeness (QED) is 0.546. The van der Waals surface area contributed by atoms with Crippen molar-refractivity contribution in [3.05, 3.63) is 39.9 Å². The molecule has 0 radical (unpaired) electrons. The van der Waals surface area contributed by atoms with Crippen molar-refractivity contribution in [3.63, 3.8) is 0 Å². The molecule has 1 aromatic rings. The minimum atomic E-state index is 0.143. The molecule has 0 saturated heterocycles. The highest BCUT2D eigenvalue weighted by Crippen LogP contribution is 2.31. The van der Waals surface area contributed by atoms with Crippen molar-refractivity contribution in [2.75, 3.05) is 0 Å². The summed E-state index contributed by atoms with van der Waals surface area (Å²) in [5.41, 5.74) is 0.839. The monoisotopic (exact) mass is 379 g/mol. The fraction of sp³-hybridized carbons (Fsp3) is 0.571. The molecule has 25 heavy (non-hydrogen) atoms. The number of carbonyl (C=O) groups excluding carboxylic acids is 1. The summed E-state index contributed by atoms with van der Waals surface area (Å²) < 4.78 is 0. The fourth-order valence-corrected chi connectivity index (χ4v) is 4.73. The molecule has 2 saturated carbocycles. The van der Waals surface area contributed by atoms with Gasteiger partial charge in [0.1, 0.15) is 0 Å². The van der Waals surface area contributed by atoms with Gasteiger partial charge in [0.15, 0.2) is 0 Å². The topological polar surface area (TPSA) is 20.3 Å². The second kappa shape index (κ2) is 9.09. The lowest BCUT2D eigenvalue weighted by Crippen LogP contribution is -2.48. The van der Waals surface area contributed by atoms with E-state index < -0.39 is 0 Å². The van der Waals surface area contributed by atoms with E-state index in [1.54, 1.807) is 18.2 Å². The van der Waals surface area contributed by atoms with Crippen molar-refractivity contribution >= 4 is 35.2 Å². The van der Waals surface area contributed by atoms with Crippen LogP contribution in [0.25, 0.3) is 6.08 Å². The molecule has 0 bridgehead atoms. The van der Waals surface area contributed by atoms with E-state index in [0.29, 0.717) is 22.1 Å². The average Bonchev–Trinajstić information content (AvgIpc) is 2.63. The van der Waals surface area contributed by atoms with Crippen molar-refractivity contribution in [2.24, 2.45) is 0 Å². The van der Waals surface area contributed by atoms with Crippen molar-refractivity contribution in [3.8, 4) is 0 Å². The van der Waals surface area contributed by atoms with E-state index in [4.69, 9.17) is 23.2 Å². The molecule has 3 rings (SSSR count). The van der Waals surface area contributed by atoms with Gasteiger partial charge in [-0.3, -0.25) is 4.79 Å². The predicted octanol–water partition coefficient (Wildman–Crippen LogP) is 6.50. The summed E-state index contributed by atoms with van der Waals surface area (Å²) in [5, 5.41) is 1.19. The number of rotatable bonds is 4. The largest absolute Gasteiger partial charge is 0.333 e. The van der Waals surface area contributed by atoms with Crippen LogP contribution < -0.4 is 0 Å². The lowest BCUT2D eigenvalue weighted by atomic mass is 9.88. The maximum atomic E-state index is 13.1. The van der Waals surface area contributed by atoms with Gasteiger partial charge in [-0.25, -0.2) is 0 Å². The first-order chi connectivity index (χ1) is 12.1. The highest BCUT2D eigenvalue weighted by atomic mass is 35.5. The van der Waals surface area contributed by atoms with Crippen LogP contribution in [-0.2, 0) is 4.79 Å². The second-order valence-corrected chi connectivity index (χ2v) is 8.17. The van der Waals surface area contributed by atoms with Gasteiger partial charge in [-0.15, -0.1) is 0 Å². The van der Waals surface area contributed by atoms with E-state index in [1.165, 1.54) is 38.5 Å². The first-order valence-corrected chi connectivity index (χ1v) is 10.4. The van der Waals surface area contributed by atoms with E-state index in [9.17, 15) is 4.79 Å². The molecule has 0 N–H and O–H groups in total. The van der Waals surface area contributed by atoms with Crippen LogP contribution in [0.4, 0.5) is 0 Å². The Bertz CT molecular complexity index is 598. The minimum absolute atomic E-state index is 0.143. The van der Waals surface area contributed by atoms with Crippen molar-refractivity contribution in [2.45, 2.75) is 76.3 Å². The third kappa shape index (κ3) is 5.01. The molecule has 2 fully saturated rings. The predicted molar refractivity (Wildman–Crippen MR) is 106 cm³/mol.